The van der Waals surface area contributed by atoms with Crippen molar-refractivity contribution >= 4 is 17.5 Å². The molecule has 0 amide bonds. The third-order valence-electron chi connectivity index (χ3n) is 3.65. The molecule has 0 saturated carbocycles. The van der Waals surface area contributed by atoms with E-state index in [1.807, 2.05) is 36.4 Å². The van der Waals surface area contributed by atoms with Crippen LogP contribution < -0.4 is 0 Å². The molecule has 1 aliphatic rings. The van der Waals surface area contributed by atoms with Crippen molar-refractivity contribution in [3.63, 3.8) is 0 Å². The summed E-state index contributed by atoms with van der Waals surface area (Å²) in [5.74, 6) is 1.16. The molecule has 0 aliphatic carbocycles. The molecule has 4 rings (SSSR count). The monoisotopic (exact) mass is 324 g/mol. The Morgan fingerprint density at radius 1 is 1.00 bits per heavy atom. The van der Waals surface area contributed by atoms with Crippen molar-refractivity contribution in [1.29, 1.82) is 0 Å². The summed E-state index contributed by atoms with van der Waals surface area (Å²) in [4.78, 5) is 0. The minimum Gasteiger partial charge on any atom is -0.207 e. The highest BCUT2D eigenvalue weighted by Crippen LogP contribution is 2.25. The van der Waals surface area contributed by atoms with Gasteiger partial charge in [0.05, 0.1) is 5.71 Å². The molecule has 3 aromatic rings. The van der Waals surface area contributed by atoms with Crippen molar-refractivity contribution in [1.82, 2.24) is 14.9 Å². The van der Waals surface area contributed by atoms with E-state index >= 15 is 0 Å². The quantitative estimate of drug-likeness (QED) is 0.742. The molecule has 4 nitrogen and oxygen atoms in total. The maximum Gasteiger partial charge on any atom is 0.212 e. The maximum atomic E-state index is 13.9. The second-order valence-corrected chi connectivity index (χ2v) is 6.12. The molecule has 0 bridgehead atoms. The van der Waals surface area contributed by atoms with Crippen LogP contribution in [-0.4, -0.2) is 26.3 Å². The van der Waals surface area contributed by atoms with E-state index in [9.17, 15) is 4.39 Å². The van der Waals surface area contributed by atoms with Gasteiger partial charge in [0.2, 0.25) is 5.16 Å². The van der Waals surface area contributed by atoms with Crippen LogP contribution in [0.3, 0.4) is 0 Å². The standard InChI is InChI=1S/C17H13FN4S/c18-14-9-5-4-8-13(14)10-16-19-20-17-22(16)21-15(11-23-17)12-6-2-1-3-7-12/h1-9H,10-11H2. The Bertz CT molecular complexity index is 873. The predicted molar refractivity (Wildman–Crippen MR) is 88.3 cm³/mol. The number of hydrogen-bond donors (Lipinski definition) is 0. The van der Waals surface area contributed by atoms with E-state index in [-0.39, 0.29) is 5.82 Å². The molecule has 0 saturated heterocycles. The molecule has 1 aliphatic heterocycles. The number of halogens is 1. The van der Waals surface area contributed by atoms with Gasteiger partial charge in [0.1, 0.15) is 5.82 Å². The third kappa shape index (κ3) is 2.77. The van der Waals surface area contributed by atoms with Gasteiger partial charge in [0.15, 0.2) is 5.82 Å². The van der Waals surface area contributed by atoms with Gasteiger partial charge in [0, 0.05) is 12.2 Å². The lowest BCUT2D eigenvalue weighted by molar-refractivity contribution is 0.608. The van der Waals surface area contributed by atoms with E-state index in [1.54, 1.807) is 28.6 Å². The third-order valence-corrected chi connectivity index (χ3v) is 4.58. The topological polar surface area (TPSA) is 43.1 Å². The molecule has 0 N–H and O–H groups in total. The lowest BCUT2D eigenvalue weighted by atomic mass is 10.1. The normalized spacial score (nSPS) is 13.5. The first-order valence-electron chi connectivity index (χ1n) is 7.25. The summed E-state index contributed by atoms with van der Waals surface area (Å²) in [5.41, 5.74) is 2.64. The SMILES string of the molecule is Fc1ccccc1Cc1nnc2n1N=C(c1ccccc1)CS2. The minimum absolute atomic E-state index is 0.236. The first-order valence-corrected chi connectivity index (χ1v) is 8.23. The van der Waals surface area contributed by atoms with Crippen molar-refractivity contribution in [2.75, 3.05) is 5.75 Å². The number of hydrogen-bond acceptors (Lipinski definition) is 4. The van der Waals surface area contributed by atoms with E-state index in [2.05, 4.69) is 15.3 Å². The van der Waals surface area contributed by atoms with E-state index in [0.717, 1.165) is 22.2 Å². The van der Waals surface area contributed by atoms with Crippen LogP contribution in [0.1, 0.15) is 17.0 Å². The number of nitrogens with zero attached hydrogens (tertiary/aromatic N) is 4. The Kier molecular flexibility index (Phi) is 3.67. The summed E-state index contributed by atoms with van der Waals surface area (Å²) in [5, 5.41) is 13.8. The highest BCUT2D eigenvalue weighted by Gasteiger charge is 2.20. The largest absolute Gasteiger partial charge is 0.212 e. The zero-order chi connectivity index (χ0) is 15.6. The fourth-order valence-electron chi connectivity index (χ4n) is 2.46. The Morgan fingerprint density at radius 3 is 2.61 bits per heavy atom. The highest BCUT2D eigenvalue weighted by molar-refractivity contribution is 7.99. The molecule has 0 unspecified atom stereocenters. The fraction of sp³-hybridized carbons (Fsp3) is 0.118. The zero-order valence-electron chi connectivity index (χ0n) is 12.2. The summed E-state index contributed by atoms with van der Waals surface area (Å²) in [7, 11) is 0. The molecule has 1 aromatic heterocycles. The molecule has 23 heavy (non-hydrogen) atoms. The lowest BCUT2D eigenvalue weighted by Crippen LogP contribution is -2.14. The molecule has 114 valence electrons. The van der Waals surface area contributed by atoms with Crippen molar-refractivity contribution in [3.05, 3.63) is 77.4 Å². The van der Waals surface area contributed by atoms with Gasteiger partial charge in [-0.15, -0.1) is 10.2 Å². The van der Waals surface area contributed by atoms with Gasteiger partial charge in [-0.05, 0) is 17.2 Å². The molecule has 6 heteroatoms. The number of rotatable bonds is 3. The molecule has 2 aromatic carbocycles. The van der Waals surface area contributed by atoms with Crippen molar-refractivity contribution in [2.45, 2.75) is 11.6 Å². The zero-order valence-corrected chi connectivity index (χ0v) is 13.0. The number of thioether (sulfide) groups is 1. The van der Waals surface area contributed by atoms with Gasteiger partial charge >= 0.3 is 0 Å². The van der Waals surface area contributed by atoms with Gasteiger partial charge in [-0.25, -0.2) is 4.39 Å². The van der Waals surface area contributed by atoms with E-state index in [1.165, 1.54) is 6.07 Å². The summed E-state index contributed by atoms with van der Waals surface area (Å²) >= 11 is 1.59. The molecule has 2 heterocycles. The molecule has 0 fully saturated rings. The van der Waals surface area contributed by atoms with Crippen molar-refractivity contribution < 1.29 is 4.39 Å². The molecular weight excluding hydrogens is 311 g/mol. The average Bonchev–Trinajstić information content (AvgIpc) is 3.00. The van der Waals surface area contributed by atoms with Crippen molar-refractivity contribution in [2.24, 2.45) is 5.10 Å². The van der Waals surface area contributed by atoms with Crippen LogP contribution in [0.15, 0.2) is 64.9 Å². The van der Waals surface area contributed by atoms with Gasteiger partial charge < -0.3 is 0 Å². The van der Waals surface area contributed by atoms with Crippen molar-refractivity contribution in [3.8, 4) is 0 Å². The molecule has 0 spiro atoms. The second kappa shape index (κ2) is 5.96. The average molecular weight is 324 g/mol. The lowest BCUT2D eigenvalue weighted by Gasteiger charge is -2.14. The summed E-state index contributed by atoms with van der Waals surface area (Å²) < 4.78 is 15.6. The minimum atomic E-state index is -0.236. The number of aromatic nitrogens is 3. The first-order chi connectivity index (χ1) is 11.3. The Morgan fingerprint density at radius 2 is 1.78 bits per heavy atom. The first kappa shape index (κ1) is 14.1. The van der Waals surface area contributed by atoms with E-state index in [4.69, 9.17) is 0 Å². The van der Waals surface area contributed by atoms with Gasteiger partial charge in [-0.1, -0.05) is 60.3 Å². The number of fused-ring (bicyclic) bond motifs is 1. The second-order valence-electron chi connectivity index (χ2n) is 5.18. The van der Waals surface area contributed by atoms with E-state index < -0.39 is 0 Å². The van der Waals surface area contributed by atoms with Crippen LogP contribution in [0, 0.1) is 5.82 Å². The van der Waals surface area contributed by atoms with Crippen LogP contribution in [0.2, 0.25) is 0 Å². The Hall–Kier alpha value is -2.47. The highest BCUT2D eigenvalue weighted by atomic mass is 32.2. The fourth-order valence-corrected chi connectivity index (χ4v) is 3.32. The molecular formula is C17H13FN4S. The van der Waals surface area contributed by atoms with Gasteiger partial charge in [-0.3, -0.25) is 0 Å². The summed E-state index contributed by atoms with van der Waals surface area (Å²) in [6.07, 6.45) is 0.367. The smallest absolute Gasteiger partial charge is 0.207 e. The maximum absolute atomic E-state index is 13.9. The van der Waals surface area contributed by atoms with Crippen LogP contribution in [0.4, 0.5) is 4.39 Å². The molecule has 0 atom stereocenters. The molecule has 0 radical (unpaired) electrons. The summed E-state index contributed by atoms with van der Waals surface area (Å²) in [6, 6.07) is 16.7. The van der Waals surface area contributed by atoms with E-state index in [0.29, 0.717) is 17.8 Å². The van der Waals surface area contributed by atoms with Gasteiger partial charge in [-0.2, -0.15) is 9.78 Å². The van der Waals surface area contributed by atoms with Crippen LogP contribution in [0.25, 0.3) is 0 Å². The Labute approximate surface area is 137 Å². The van der Waals surface area contributed by atoms with Crippen LogP contribution in [-0.2, 0) is 6.42 Å². The predicted octanol–water partition coefficient (Wildman–Crippen LogP) is 3.37. The van der Waals surface area contributed by atoms with Crippen LogP contribution >= 0.6 is 11.8 Å². The van der Waals surface area contributed by atoms with Crippen LogP contribution in [0.5, 0.6) is 0 Å². The van der Waals surface area contributed by atoms with Gasteiger partial charge in [0.25, 0.3) is 0 Å². The Balaban J connectivity index is 1.70. The number of benzene rings is 2. The summed E-state index contributed by atoms with van der Waals surface area (Å²) in [6.45, 7) is 0.